The number of hydrogen-bond acceptors (Lipinski definition) is 2. The molecule has 11 aromatic rings. The molecule has 0 unspecified atom stereocenters. The second-order valence-electron chi connectivity index (χ2n) is 13.7. The summed E-state index contributed by atoms with van der Waals surface area (Å²) in [6, 6.07) is 69.7. The lowest BCUT2D eigenvalue weighted by molar-refractivity contribution is 0.669. The molecule has 0 aliphatic carbocycles. The highest BCUT2D eigenvalue weighted by molar-refractivity contribution is 6.14. The van der Waals surface area contributed by atoms with Crippen molar-refractivity contribution in [1.82, 2.24) is 4.57 Å². The van der Waals surface area contributed by atoms with Gasteiger partial charge in [-0.2, -0.15) is 0 Å². The quantitative estimate of drug-likeness (QED) is 0.181. The first-order valence-electron chi connectivity index (χ1n) is 18.1. The number of fused-ring (bicyclic) bond motifs is 8. The standard InChI is InChI=1S/C50H32N2O/c1-2-13-36-32-48-45(31-35(36)12-1)42-16-5-7-20-46(42)52(48)39-29-27-38(28-30-39)51(47-21-10-19-44-43-17-6-8-22-49(43)53-50(44)47)37-25-23-34(24-26-37)41-18-9-14-33-11-3-4-15-40(33)41/h1-32H. The monoisotopic (exact) mass is 676 g/mol. The number of benzene rings is 9. The van der Waals surface area contributed by atoms with Crippen molar-refractivity contribution in [2.75, 3.05) is 4.90 Å². The van der Waals surface area contributed by atoms with Gasteiger partial charge < -0.3 is 13.9 Å². The van der Waals surface area contributed by atoms with E-state index in [0.717, 1.165) is 44.7 Å². The van der Waals surface area contributed by atoms with Gasteiger partial charge in [0.25, 0.3) is 0 Å². The SMILES string of the molecule is c1ccc2cc3c(cc2c1)c1ccccc1n3-c1ccc(N(c2ccc(-c3cccc4ccccc34)cc2)c2cccc3c2oc2ccccc23)cc1. The van der Waals surface area contributed by atoms with Gasteiger partial charge in [-0.25, -0.2) is 0 Å². The summed E-state index contributed by atoms with van der Waals surface area (Å²) < 4.78 is 9.01. The van der Waals surface area contributed by atoms with E-state index in [-0.39, 0.29) is 0 Å². The number of nitrogens with zero attached hydrogens (tertiary/aromatic N) is 2. The zero-order valence-electron chi connectivity index (χ0n) is 28.8. The smallest absolute Gasteiger partial charge is 0.159 e. The molecule has 3 nitrogen and oxygen atoms in total. The van der Waals surface area contributed by atoms with E-state index in [1.54, 1.807) is 0 Å². The Labute approximate surface area is 306 Å². The Morgan fingerprint density at radius 2 is 1.00 bits per heavy atom. The van der Waals surface area contributed by atoms with Gasteiger partial charge in [0.2, 0.25) is 0 Å². The molecule has 53 heavy (non-hydrogen) atoms. The summed E-state index contributed by atoms with van der Waals surface area (Å²) in [4.78, 5) is 2.32. The average Bonchev–Trinajstić information content (AvgIpc) is 3.76. The molecule has 2 heterocycles. The molecule has 0 spiro atoms. The van der Waals surface area contributed by atoms with Crippen molar-refractivity contribution in [1.29, 1.82) is 0 Å². The molecule has 0 fully saturated rings. The zero-order chi connectivity index (χ0) is 34.9. The van der Waals surface area contributed by atoms with Gasteiger partial charge in [-0.1, -0.05) is 127 Å². The third-order valence-electron chi connectivity index (χ3n) is 10.8. The molecule has 0 aliphatic heterocycles. The minimum Gasteiger partial charge on any atom is -0.454 e. The normalized spacial score (nSPS) is 11.8. The van der Waals surface area contributed by atoms with Gasteiger partial charge in [0.15, 0.2) is 5.58 Å². The molecular weight excluding hydrogens is 645 g/mol. The summed E-state index contributed by atoms with van der Waals surface area (Å²) in [6.07, 6.45) is 0. The van der Waals surface area contributed by atoms with Crippen LogP contribution in [-0.4, -0.2) is 4.57 Å². The molecule has 3 heteroatoms. The second kappa shape index (κ2) is 11.7. The maximum Gasteiger partial charge on any atom is 0.159 e. The van der Waals surface area contributed by atoms with E-state index in [1.165, 1.54) is 54.5 Å². The van der Waals surface area contributed by atoms with Crippen LogP contribution in [0.25, 0.3) is 82.1 Å². The minimum absolute atomic E-state index is 0.866. The third-order valence-corrected chi connectivity index (χ3v) is 10.8. The summed E-state index contributed by atoms with van der Waals surface area (Å²) >= 11 is 0. The molecule has 0 bridgehead atoms. The topological polar surface area (TPSA) is 21.3 Å². The van der Waals surface area contributed by atoms with Gasteiger partial charge >= 0.3 is 0 Å². The predicted molar refractivity (Wildman–Crippen MR) is 223 cm³/mol. The van der Waals surface area contributed by atoms with E-state index in [4.69, 9.17) is 4.42 Å². The van der Waals surface area contributed by atoms with Crippen molar-refractivity contribution >= 4 is 82.4 Å². The van der Waals surface area contributed by atoms with Crippen LogP contribution in [0.1, 0.15) is 0 Å². The largest absolute Gasteiger partial charge is 0.454 e. The molecular formula is C50H32N2O. The van der Waals surface area contributed by atoms with Gasteiger partial charge in [0.05, 0.1) is 16.7 Å². The highest BCUT2D eigenvalue weighted by atomic mass is 16.3. The Kier molecular flexibility index (Phi) is 6.55. The fourth-order valence-electron chi connectivity index (χ4n) is 8.29. The van der Waals surface area contributed by atoms with Gasteiger partial charge in [-0.3, -0.25) is 0 Å². The number of anilines is 3. The van der Waals surface area contributed by atoms with Crippen LogP contribution in [0.4, 0.5) is 17.1 Å². The molecule has 248 valence electrons. The highest BCUT2D eigenvalue weighted by Gasteiger charge is 2.20. The van der Waals surface area contributed by atoms with Crippen molar-refractivity contribution in [2.45, 2.75) is 0 Å². The number of furan rings is 1. The van der Waals surface area contributed by atoms with E-state index < -0.39 is 0 Å². The van der Waals surface area contributed by atoms with E-state index in [9.17, 15) is 0 Å². The molecule has 0 radical (unpaired) electrons. The lowest BCUT2D eigenvalue weighted by Crippen LogP contribution is -2.10. The third kappa shape index (κ3) is 4.68. The number of hydrogen-bond donors (Lipinski definition) is 0. The zero-order valence-corrected chi connectivity index (χ0v) is 28.8. The van der Waals surface area contributed by atoms with Gasteiger partial charge in [-0.05, 0) is 99.4 Å². The number of para-hydroxylation sites is 3. The van der Waals surface area contributed by atoms with Gasteiger partial charge in [0.1, 0.15) is 5.58 Å². The van der Waals surface area contributed by atoms with E-state index in [1.807, 2.05) is 12.1 Å². The molecule has 0 amide bonds. The molecule has 0 atom stereocenters. The molecule has 9 aromatic carbocycles. The van der Waals surface area contributed by atoms with Crippen molar-refractivity contribution < 1.29 is 4.42 Å². The summed E-state index contributed by atoms with van der Waals surface area (Å²) in [5, 5.41) is 9.70. The lowest BCUT2D eigenvalue weighted by atomic mass is 9.98. The Morgan fingerprint density at radius 1 is 0.396 bits per heavy atom. The molecule has 0 aliphatic rings. The van der Waals surface area contributed by atoms with Crippen LogP contribution < -0.4 is 4.90 Å². The Bertz CT molecular complexity index is 3160. The predicted octanol–water partition coefficient (Wildman–Crippen LogP) is 14.1. The fraction of sp³-hybridized carbons (Fsp3) is 0. The summed E-state index contributed by atoms with van der Waals surface area (Å²) in [5.41, 5.74) is 10.8. The van der Waals surface area contributed by atoms with Crippen LogP contribution in [-0.2, 0) is 0 Å². The van der Waals surface area contributed by atoms with E-state index in [2.05, 4.69) is 191 Å². The Morgan fingerprint density at radius 3 is 1.81 bits per heavy atom. The van der Waals surface area contributed by atoms with Crippen molar-refractivity contribution in [3.05, 3.63) is 194 Å². The fourth-order valence-corrected chi connectivity index (χ4v) is 8.29. The molecule has 0 N–H and O–H groups in total. The van der Waals surface area contributed by atoms with Crippen LogP contribution in [0.3, 0.4) is 0 Å². The van der Waals surface area contributed by atoms with Crippen molar-refractivity contribution in [3.63, 3.8) is 0 Å². The second-order valence-corrected chi connectivity index (χ2v) is 13.7. The summed E-state index contributed by atoms with van der Waals surface area (Å²) in [6.45, 7) is 0. The van der Waals surface area contributed by atoms with E-state index >= 15 is 0 Å². The van der Waals surface area contributed by atoms with Crippen molar-refractivity contribution in [2.24, 2.45) is 0 Å². The summed E-state index contributed by atoms with van der Waals surface area (Å²) in [7, 11) is 0. The molecule has 0 saturated heterocycles. The number of rotatable bonds is 5. The number of aromatic nitrogens is 1. The Hall–Kier alpha value is -7.10. The lowest BCUT2D eigenvalue weighted by Gasteiger charge is -2.26. The maximum absolute atomic E-state index is 6.62. The average molecular weight is 677 g/mol. The van der Waals surface area contributed by atoms with E-state index in [0.29, 0.717) is 0 Å². The molecule has 11 rings (SSSR count). The van der Waals surface area contributed by atoms with Crippen LogP contribution in [0, 0.1) is 0 Å². The summed E-state index contributed by atoms with van der Waals surface area (Å²) in [5.74, 6) is 0. The first-order chi connectivity index (χ1) is 26.3. The van der Waals surface area contributed by atoms with Gasteiger partial charge in [-0.15, -0.1) is 0 Å². The van der Waals surface area contributed by atoms with Crippen LogP contribution in [0.5, 0.6) is 0 Å². The maximum atomic E-state index is 6.62. The van der Waals surface area contributed by atoms with Crippen LogP contribution >= 0.6 is 0 Å². The molecule has 0 saturated carbocycles. The first kappa shape index (κ1) is 29.6. The first-order valence-corrected chi connectivity index (χ1v) is 18.1. The highest BCUT2D eigenvalue weighted by Crippen LogP contribution is 2.43. The van der Waals surface area contributed by atoms with Crippen LogP contribution in [0.2, 0.25) is 0 Å². The van der Waals surface area contributed by atoms with Gasteiger partial charge in [0, 0.05) is 38.6 Å². The van der Waals surface area contributed by atoms with Crippen molar-refractivity contribution in [3.8, 4) is 16.8 Å². The van der Waals surface area contributed by atoms with Crippen LogP contribution in [0.15, 0.2) is 199 Å². The minimum atomic E-state index is 0.866. The molecule has 2 aromatic heterocycles. The Balaban J connectivity index is 1.08.